The van der Waals surface area contributed by atoms with E-state index >= 15 is 0 Å². The molecule has 0 N–H and O–H groups in total. The van der Waals surface area contributed by atoms with Crippen LogP contribution in [0.1, 0.15) is 6.92 Å². The molecule has 0 amide bonds. The van der Waals surface area contributed by atoms with Gasteiger partial charge >= 0.3 is 0 Å². The quantitative estimate of drug-likeness (QED) is 0.382. The highest BCUT2D eigenvalue weighted by Gasteiger charge is 1.68. The summed E-state index contributed by atoms with van der Waals surface area (Å²) in [7, 11) is 0. The van der Waals surface area contributed by atoms with Crippen LogP contribution in [0.25, 0.3) is 0 Å². The highest BCUT2D eigenvalue weighted by atomic mass is 16.2. The standard InChI is InChI=1S/C5H7NO/c1-5(2)3-4-6-7/h3-4H,1H2,2H3/b4-3+. The van der Waals surface area contributed by atoms with Crippen LogP contribution < -0.4 is 0 Å². The van der Waals surface area contributed by atoms with E-state index < -0.39 is 0 Å². The fourth-order valence-corrected chi connectivity index (χ4v) is 0.158. The average molecular weight is 97.1 g/mol. The molecule has 0 spiro atoms. The molecule has 0 aromatic carbocycles. The molecule has 0 unspecified atom stereocenters. The van der Waals surface area contributed by atoms with Crippen molar-refractivity contribution in [3.8, 4) is 0 Å². The fourth-order valence-electron chi connectivity index (χ4n) is 0.158. The molecule has 0 radical (unpaired) electrons. The molecule has 0 aliphatic rings. The molecule has 0 aromatic rings. The van der Waals surface area contributed by atoms with Gasteiger partial charge in [0.1, 0.15) is 0 Å². The molecule has 0 saturated carbocycles. The molecule has 2 heteroatoms. The molecule has 0 aliphatic carbocycles. The lowest BCUT2D eigenvalue weighted by atomic mass is 10.3. The summed E-state index contributed by atoms with van der Waals surface area (Å²) in [5, 5.41) is 2.48. The van der Waals surface area contributed by atoms with E-state index in [1.807, 2.05) is 0 Å². The zero-order chi connectivity index (χ0) is 5.70. The Kier molecular flexibility index (Phi) is 2.85. The van der Waals surface area contributed by atoms with E-state index in [4.69, 9.17) is 0 Å². The van der Waals surface area contributed by atoms with Crippen molar-refractivity contribution < 1.29 is 0 Å². The number of nitrogens with zero attached hydrogens (tertiary/aromatic N) is 1. The molecule has 0 aromatic heterocycles. The summed E-state index contributed by atoms with van der Waals surface area (Å²) in [6.45, 7) is 5.30. The molecular formula is C5H7NO. The Balaban J connectivity index is 3.46. The lowest BCUT2D eigenvalue weighted by Crippen LogP contribution is -1.55. The van der Waals surface area contributed by atoms with Gasteiger partial charge in [-0.3, -0.25) is 0 Å². The minimum absolute atomic E-state index is 0.833. The van der Waals surface area contributed by atoms with Crippen molar-refractivity contribution in [2.75, 3.05) is 0 Å². The predicted molar refractivity (Wildman–Crippen MR) is 29.7 cm³/mol. The largest absolute Gasteiger partial charge is 0.145 e. The Morgan fingerprint density at radius 3 is 2.57 bits per heavy atom. The van der Waals surface area contributed by atoms with Crippen molar-refractivity contribution in [3.63, 3.8) is 0 Å². The molecule has 0 bridgehead atoms. The van der Waals surface area contributed by atoms with E-state index in [0.717, 1.165) is 5.57 Å². The summed E-state index contributed by atoms with van der Waals surface area (Å²) >= 11 is 0. The normalized spacial score (nSPS) is 9.29. The monoisotopic (exact) mass is 97.1 g/mol. The van der Waals surface area contributed by atoms with Gasteiger partial charge in [-0.1, -0.05) is 12.2 Å². The fraction of sp³-hybridized carbons (Fsp3) is 0.200. The van der Waals surface area contributed by atoms with Gasteiger partial charge in [-0.2, -0.15) is 0 Å². The topological polar surface area (TPSA) is 29.4 Å². The molecule has 2 nitrogen and oxygen atoms in total. The van der Waals surface area contributed by atoms with Gasteiger partial charge in [0.15, 0.2) is 0 Å². The zero-order valence-corrected chi connectivity index (χ0v) is 4.22. The van der Waals surface area contributed by atoms with Crippen LogP contribution in [0.15, 0.2) is 29.6 Å². The van der Waals surface area contributed by atoms with E-state index in [0.29, 0.717) is 0 Å². The van der Waals surface area contributed by atoms with Crippen LogP contribution in [0.2, 0.25) is 0 Å². The molecule has 0 atom stereocenters. The van der Waals surface area contributed by atoms with Crippen LogP contribution in [-0.4, -0.2) is 0 Å². The van der Waals surface area contributed by atoms with E-state index in [1.165, 1.54) is 6.20 Å². The molecule has 0 saturated heterocycles. The first kappa shape index (κ1) is 6.08. The minimum Gasteiger partial charge on any atom is -0.145 e. The van der Waals surface area contributed by atoms with Gasteiger partial charge in [0.25, 0.3) is 0 Å². The number of hydrogen-bond acceptors (Lipinski definition) is 2. The number of allylic oxidation sites excluding steroid dienone is 2. The lowest BCUT2D eigenvalue weighted by molar-refractivity contribution is 1.47. The Morgan fingerprint density at radius 2 is 2.43 bits per heavy atom. The second kappa shape index (κ2) is 3.28. The van der Waals surface area contributed by atoms with Crippen molar-refractivity contribution in [2.45, 2.75) is 6.92 Å². The van der Waals surface area contributed by atoms with Gasteiger partial charge < -0.3 is 0 Å². The van der Waals surface area contributed by atoms with Gasteiger partial charge in [-0.05, 0) is 18.2 Å². The van der Waals surface area contributed by atoms with Crippen LogP contribution in [0.3, 0.4) is 0 Å². The van der Waals surface area contributed by atoms with E-state index in [-0.39, 0.29) is 0 Å². The van der Waals surface area contributed by atoms with Crippen LogP contribution in [0, 0.1) is 4.91 Å². The maximum Gasteiger partial charge on any atom is 0.0717 e. The minimum atomic E-state index is 0.833. The number of nitroso groups, excluding NO2 is 1. The highest BCUT2D eigenvalue weighted by Crippen LogP contribution is 1.86. The first-order valence-corrected chi connectivity index (χ1v) is 1.92. The number of hydrogen-bond donors (Lipinski definition) is 0. The maximum absolute atomic E-state index is 9.33. The Hall–Kier alpha value is -0.920. The third-order valence-corrected chi connectivity index (χ3v) is 0.420. The third-order valence-electron chi connectivity index (χ3n) is 0.420. The summed E-state index contributed by atoms with van der Waals surface area (Å²) in [6.07, 6.45) is 2.72. The van der Waals surface area contributed by atoms with Gasteiger partial charge in [0.2, 0.25) is 0 Å². The van der Waals surface area contributed by atoms with Gasteiger partial charge in [-0.15, -0.1) is 4.91 Å². The SMILES string of the molecule is C=C(C)/C=C/N=O. The zero-order valence-electron chi connectivity index (χ0n) is 4.22. The van der Waals surface area contributed by atoms with Crippen LogP contribution >= 0.6 is 0 Å². The maximum atomic E-state index is 9.33. The van der Waals surface area contributed by atoms with Gasteiger partial charge in [0.05, 0.1) is 6.20 Å². The van der Waals surface area contributed by atoms with Gasteiger partial charge in [0, 0.05) is 0 Å². The Labute approximate surface area is 42.5 Å². The molecule has 0 fully saturated rings. The van der Waals surface area contributed by atoms with Crippen molar-refractivity contribution in [3.05, 3.63) is 29.3 Å². The predicted octanol–water partition coefficient (Wildman–Crippen LogP) is 1.84. The van der Waals surface area contributed by atoms with E-state index in [1.54, 1.807) is 13.0 Å². The summed E-state index contributed by atoms with van der Waals surface area (Å²) < 4.78 is 0. The third kappa shape index (κ3) is 5.08. The Bertz CT molecular complexity index is 105. The van der Waals surface area contributed by atoms with Crippen LogP contribution in [0.5, 0.6) is 0 Å². The smallest absolute Gasteiger partial charge is 0.0717 e. The lowest BCUT2D eigenvalue weighted by Gasteiger charge is -1.74. The molecule has 0 aliphatic heterocycles. The summed E-state index contributed by atoms with van der Waals surface area (Å²) in [5.74, 6) is 0. The van der Waals surface area contributed by atoms with Crippen LogP contribution in [0.4, 0.5) is 0 Å². The van der Waals surface area contributed by atoms with Gasteiger partial charge in [-0.25, -0.2) is 0 Å². The van der Waals surface area contributed by atoms with E-state index in [9.17, 15) is 4.91 Å². The summed E-state index contributed by atoms with van der Waals surface area (Å²) in [6, 6.07) is 0. The first-order valence-electron chi connectivity index (χ1n) is 1.92. The van der Waals surface area contributed by atoms with Crippen molar-refractivity contribution in [2.24, 2.45) is 5.18 Å². The average Bonchev–Trinajstić information content (AvgIpc) is 1.61. The van der Waals surface area contributed by atoms with Crippen LogP contribution in [-0.2, 0) is 0 Å². The first-order chi connectivity index (χ1) is 3.27. The van der Waals surface area contributed by atoms with E-state index in [2.05, 4.69) is 11.8 Å². The van der Waals surface area contributed by atoms with Crippen molar-refractivity contribution >= 4 is 0 Å². The summed E-state index contributed by atoms with van der Waals surface area (Å²) in [5.41, 5.74) is 0.833. The second-order valence-corrected chi connectivity index (χ2v) is 1.27. The molecule has 0 heterocycles. The van der Waals surface area contributed by atoms with Crippen molar-refractivity contribution in [1.82, 2.24) is 0 Å². The summed E-state index contributed by atoms with van der Waals surface area (Å²) in [4.78, 5) is 9.33. The molecular weight excluding hydrogens is 90.1 g/mol. The molecule has 0 rings (SSSR count). The number of rotatable bonds is 2. The molecule has 38 valence electrons. The Morgan fingerprint density at radius 1 is 1.86 bits per heavy atom. The molecule has 7 heavy (non-hydrogen) atoms. The van der Waals surface area contributed by atoms with Crippen molar-refractivity contribution in [1.29, 1.82) is 0 Å². The highest BCUT2D eigenvalue weighted by molar-refractivity contribution is 5.09. The second-order valence-electron chi connectivity index (χ2n) is 1.27.